The van der Waals surface area contributed by atoms with Crippen LogP contribution in [0.15, 0.2) is 0 Å². The van der Waals surface area contributed by atoms with Crippen molar-refractivity contribution in [2.45, 2.75) is 38.1 Å². The lowest BCUT2D eigenvalue weighted by Gasteiger charge is -2.28. The van der Waals surface area contributed by atoms with E-state index in [-0.39, 0.29) is 24.2 Å². The maximum atomic E-state index is 12.1. The second kappa shape index (κ2) is 8.37. The molecule has 1 rings (SSSR count). The van der Waals surface area contributed by atoms with Crippen molar-refractivity contribution in [3.8, 4) is 0 Å². The number of rotatable bonds is 8. The van der Waals surface area contributed by atoms with E-state index in [0.29, 0.717) is 24.8 Å². The average Bonchev–Trinajstić information content (AvgIpc) is 2.84. The lowest BCUT2D eigenvalue weighted by molar-refractivity contribution is -0.133. The molecule has 6 heteroatoms. The highest BCUT2D eigenvalue weighted by Gasteiger charge is 2.25. The van der Waals surface area contributed by atoms with E-state index in [1.807, 2.05) is 0 Å². The van der Waals surface area contributed by atoms with Crippen LogP contribution in [0.5, 0.6) is 0 Å². The standard InChI is InChI=1S/C12H22N2O3S/c13-11(16)9-18-8-5-12(17)14(6-7-15)10-3-1-2-4-10/h10,15H,1-9H2,(H2,13,16). The molecule has 104 valence electrons. The highest BCUT2D eigenvalue weighted by Crippen LogP contribution is 2.24. The zero-order valence-electron chi connectivity index (χ0n) is 10.6. The third-order valence-corrected chi connectivity index (χ3v) is 4.11. The van der Waals surface area contributed by atoms with Crippen LogP contribution in [0.2, 0.25) is 0 Å². The van der Waals surface area contributed by atoms with Gasteiger partial charge < -0.3 is 15.7 Å². The van der Waals surface area contributed by atoms with Crippen LogP contribution in [0.3, 0.4) is 0 Å². The van der Waals surface area contributed by atoms with E-state index in [9.17, 15) is 9.59 Å². The SMILES string of the molecule is NC(=O)CSCCC(=O)N(CCO)C1CCCC1. The van der Waals surface area contributed by atoms with Gasteiger partial charge in [-0.1, -0.05) is 12.8 Å². The van der Waals surface area contributed by atoms with Gasteiger partial charge in [-0.2, -0.15) is 11.8 Å². The van der Waals surface area contributed by atoms with Gasteiger partial charge in [-0.25, -0.2) is 0 Å². The van der Waals surface area contributed by atoms with Gasteiger partial charge in [-0.3, -0.25) is 9.59 Å². The van der Waals surface area contributed by atoms with Gasteiger partial charge in [0.05, 0.1) is 12.4 Å². The highest BCUT2D eigenvalue weighted by atomic mass is 32.2. The summed E-state index contributed by atoms with van der Waals surface area (Å²) in [6, 6.07) is 0.297. The Morgan fingerprint density at radius 3 is 2.56 bits per heavy atom. The average molecular weight is 274 g/mol. The molecule has 0 heterocycles. The number of nitrogens with zero attached hydrogens (tertiary/aromatic N) is 1. The van der Waals surface area contributed by atoms with Crippen LogP contribution in [0, 0.1) is 0 Å². The molecular formula is C12H22N2O3S. The van der Waals surface area contributed by atoms with E-state index >= 15 is 0 Å². The molecule has 0 atom stereocenters. The smallest absolute Gasteiger partial charge is 0.227 e. The number of aliphatic hydroxyl groups excluding tert-OH is 1. The first-order valence-electron chi connectivity index (χ1n) is 6.41. The second-order valence-electron chi connectivity index (χ2n) is 4.52. The summed E-state index contributed by atoms with van der Waals surface area (Å²) in [7, 11) is 0. The zero-order chi connectivity index (χ0) is 13.4. The third kappa shape index (κ3) is 5.27. The maximum absolute atomic E-state index is 12.1. The first-order chi connectivity index (χ1) is 8.65. The molecule has 0 aromatic carbocycles. The molecule has 0 saturated heterocycles. The van der Waals surface area contributed by atoms with Gasteiger partial charge in [0.25, 0.3) is 0 Å². The van der Waals surface area contributed by atoms with E-state index in [1.165, 1.54) is 11.8 Å². The zero-order valence-corrected chi connectivity index (χ0v) is 11.5. The fraction of sp³-hybridized carbons (Fsp3) is 0.833. The molecule has 0 aromatic heterocycles. The van der Waals surface area contributed by atoms with E-state index in [2.05, 4.69) is 0 Å². The van der Waals surface area contributed by atoms with Crippen LogP contribution in [0.25, 0.3) is 0 Å². The topological polar surface area (TPSA) is 83.6 Å². The van der Waals surface area contributed by atoms with E-state index < -0.39 is 0 Å². The van der Waals surface area contributed by atoms with Crippen LogP contribution in [-0.4, -0.2) is 52.5 Å². The van der Waals surface area contributed by atoms with Crippen molar-refractivity contribution in [2.24, 2.45) is 5.73 Å². The summed E-state index contributed by atoms with van der Waals surface area (Å²) in [6.07, 6.45) is 4.82. The molecule has 1 saturated carbocycles. The molecule has 0 radical (unpaired) electrons. The Morgan fingerprint density at radius 2 is 2.00 bits per heavy atom. The lowest BCUT2D eigenvalue weighted by atomic mass is 10.2. The van der Waals surface area contributed by atoms with Gasteiger partial charge in [-0.05, 0) is 12.8 Å². The fourth-order valence-corrected chi connectivity index (χ4v) is 2.97. The van der Waals surface area contributed by atoms with Gasteiger partial charge in [0, 0.05) is 24.8 Å². The summed E-state index contributed by atoms with van der Waals surface area (Å²) < 4.78 is 0. The number of amides is 2. The lowest BCUT2D eigenvalue weighted by Crippen LogP contribution is -2.40. The quantitative estimate of drug-likeness (QED) is 0.626. The van der Waals surface area contributed by atoms with E-state index in [1.54, 1.807) is 4.90 Å². The van der Waals surface area contributed by atoms with Gasteiger partial charge in [0.2, 0.25) is 11.8 Å². The molecule has 1 aliphatic rings. The van der Waals surface area contributed by atoms with Crippen LogP contribution >= 0.6 is 11.8 Å². The predicted octanol–water partition coefficient (Wildman–Crippen LogP) is 0.358. The summed E-state index contributed by atoms with van der Waals surface area (Å²) in [6.45, 7) is 0.431. The Balaban J connectivity index is 2.32. The number of carbonyl (C=O) groups is 2. The van der Waals surface area contributed by atoms with Crippen molar-refractivity contribution < 1.29 is 14.7 Å². The monoisotopic (exact) mass is 274 g/mol. The summed E-state index contributed by atoms with van der Waals surface area (Å²) in [4.78, 5) is 24.4. The number of carbonyl (C=O) groups excluding carboxylic acids is 2. The van der Waals surface area contributed by atoms with Crippen LogP contribution < -0.4 is 5.73 Å². The molecule has 0 bridgehead atoms. The molecule has 18 heavy (non-hydrogen) atoms. The van der Waals surface area contributed by atoms with Crippen molar-refractivity contribution >= 4 is 23.6 Å². The molecule has 1 fully saturated rings. The van der Waals surface area contributed by atoms with Gasteiger partial charge >= 0.3 is 0 Å². The van der Waals surface area contributed by atoms with Gasteiger partial charge in [0.1, 0.15) is 0 Å². The van der Waals surface area contributed by atoms with E-state index in [4.69, 9.17) is 10.8 Å². The number of nitrogens with two attached hydrogens (primary N) is 1. The summed E-state index contributed by atoms with van der Waals surface area (Å²) in [5.74, 6) is 0.594. The number of hydrogen-bond acceptors (Lipinski definition) is 4. The molecule has 5 nitrogen and oxygen atoms in total. The van der Waals surface area contributed by atoms with Crippen molar-refractivity contribution in [1.82, 2.24) is 4.90 Å². The van der Waals surface area contributed by atoms with Gasteiger partial charge in [-0.15, -0.1) is 0 Å². The van der Waals surface area contributed by atoms with Crippen LogP contribution in [0.1, 0.15) is 32.1 Å². The maximum Gasteiger partial charge on any atom is 0.227 e. The van der Waals surface area contributed by atoms with Crippen molar-refractivity contribution in [2.75, 3.05) is 24.7 Å². The van der Waals surface area contributed by atoms with Crippen molar-refractivity contribution in [3.05, 3.63) is 0 Å². The van der Waals surface area contributed by atoms with Crippen LogP contribution in [-0.2, 0) is 9.59 Å². The fourth-order valence-electron chi connectivity index (χ4n) is 2.31. The number of thioether (sulfide) groups is 1. The van der Waals surface area contributed by atoms with Gasteiger partial charge in [0.15, 0.2) is 0 Å². The van der Waals surface area contributed by atoms with E-state index in [0.717, 1.165) is 25.7 Å². The normalized spacial score (nSPS) is 15.8. The molecular weight excluding hydrogens is 252 g/mol. The molecule has 0 unspecified atom stereocenters. The highest BCUT2D eigenvalue weighted by molar-refractivity contribution is 7.99. The molecule has 0 spiro atoms. The summed E-state index contributed by atoms with van der Waals surface area (Å²) >= 11 is 1.38. The Hall–Kier alpha value is -0.750. The summed E-state index contributed by atoms with van der Waals surface area (Å²) in [5.41, 5.74) is 5.03. The Bertz CT molecular complexity index is 280. The Morgan fingerprint density at radius 1 is 1.33 bits per heavy atom. The largest absolute Gasteiger partial charge is 0.395 e. The Kier molecular flexibility index (Phi) is 7.12. The minimum absolute atomic E-state index is 0.0106. The minimum Gasteiger partial charge on any atom is -0.395 e. The van der Waals surface area contributed by atoms with Crippen LogP contribution in [0.4, 0.5) is 0 Å². The molecule has 3 N–H and O–H groups in total. The Labute approximate surface area is 112 Å². The number of aliphatic hydroxyl groups is 1. The second-order valence-corrected chi connectivity index (χ2v) is 5.62. The number of hydrogen-bond donors (Lipinski definition) is 2. The van der Waals surface area contributed by atoms with Crippen molar-refractivity contribution in [1.29, 1.82) is 0 Å². The molecule has 2 amide bonds. The van der Waals surface area contributed by atoms with Crippen molar-refractivity contribution in [3.63, 3.8) is 0 Å². The molecule has 1 aliphatic carbocycles. The predicted molar refractivity (Wildman–Crippen MR) is 72.2 cm³/mol. The third-order valence-electron chi connectivity index (χ3n) is 3.13. The molecule has 0 aliphatic heterocycles. The molecule has 0 aromatic rings. The minimum atomic E-state index is -0.351. The summed E-state index contributed by atoms with van der Waals surface area (Å²) in [5, 5.41) is 9.03. The first kappa shape index (κ1) is 15.3. The number of primary amides is 1. The first-order valence-corrected chi connectivity index (χ1v) is 7.57.